The van der Waals surface area contributed by atoms with Gasteiger partial charge in [-0.1, -0.05) is 6.92 Å². The van der Waals surface area contributed by atoms with Crippen LogP contribution >= 0.6 is 12.6 Å². The molecular formula is C9H21F2N3S. The van der Waals surface area contributed by atoms with E-state index in [-0.39, 0.29) is 18.8 Å². The van der Waals surface area contributed by atoms with Crippen molar-refractivity contribution in [1.29, 1.82) is 0 Å². The molecule has 6 heteroatoms. The largest absolute Gasteiger partial charge is 0.315 e. The molecule has 0 spiro atoms. The molecule has 92 valence electrons. The maximum Gasteiger partial charge on any atom is 0.183 e. The number of halogens is 2. The lowest BCUT2D eigenvalue weighted by Gasteiger charge is -2.29. The Morgan fingerprint density at radius 3 is 2.20 bits per heavy atom. The molecule has 0 heterocycles. The number of alkyl halides is 2. The van der Waals surface area contributed by atoms with Crippen molar-refractivity contribution in [2.24, 2.45) is 0 Å². The third kappa shape index (κ3) is 6.29. The highest BCUT2D eigenvalue weighted by molar-refractivity contribution is 7.80. The van der Waals surface area contributed by atoms with E-state index in [9.17, 15) is 8.78 Å². The molecule has 0 aliphatic heterocycles. The second kappa shape index (κ2) is 6.62. The zero-order chi connectivity index (χ0) is 11.9. The summed E-state index contributed by atoms with van der Waals surface area (Å²) < 4.78 is 27.5. The Morgan fingerprint density at radius 2 is 1.80 bits per heavy atom. The molecule has 2 unspecified atom stereocenters. The van der Waals surface area contributed by atoms with E-state index < -0.39 is 11.6 Å². The first kappa shape index (κ1) is 15.1. The minimum absolute atomic E-state index is 0.00345. The summed E-state index contributed by atoms with van der Waals surface area (Å²) in [5.74, 6) is -3.28. The van der Waals surface area contributed by atoms with Gasteiger partial charge in [0.2, 0.25) is 0 Å². The van der Waals surface area contributed by atoms with Crippen molar-refractivity contribution in [3.63, 3.8) is 0 Å². The lowest BCUT2D eigenvalue weighted by atomic mass is 10.2. The van der Waals surface area contributed by atoms with Crippen LogP contribution in [0.2, 0.25) is 0 Å². The van der Waals surface area contributed by atoms with Gasteiger partial charge >= 0.3 is 0 Å². The predicted molar refractivity (Wildman–Crippen MR) is 62.8 cm³/mol. The molecule has 0 saturated heterocycles. The molecule has 0 aliphatic carbocycles. The van der Waals surface area contributed by atoms with Gasteiger partial charge in [0.05, 0.1) is 0 Å². The Morgan fingerprint density at radius 1 is 1.20 bits per heavy atom. The van der Waals surface area contributed by atoms with Gasteiger partial charge in [-0.15, -0.1) is 0 Å². The number of likely N-dealkylation sites (N-methyl/N-ethyl adjacent to an activating group) is 2. The summed E-state index contributed by atoms with van der Waals surface area (Å²) in [6.45, 7) is 3.66. The molecule has 0 saturated carbocycles. The smallest absolute Gasteiger partial charge is 0.183 e. The second-order valence-corrected chi connectivity index (χ2v) is 4.05. The van der Waals surface area contributed by atoms with E-state index in [2.05, 4.69) is 28.6 Å². The summed E-state index contributed by atoms with van der Waals surface area (Å²) in [6, 6.07) is 0. The lowest BCUT2D eigenvalue weighted by Crippen LogP contribution is -2.56. The van der Waals surface area contributed by atoms with Crippen LogP contribution in [0.15, 0.2) is 0 Å². The van der Waals surface area contributed by atoms with Crippen LogP contribution in [0.25, 0.3) is 0 Å². The molecular weight excluding hydrogens is 220 g/mol. The monoisotopic (exact) mass is 241 g/mol. The quantitative estimate of drug-likeness (QED) is 0.373. The second-order valence-electron chi connectivity index (χ2n) is 3.74. The molecule has 0 amide bonds. The van der Waals surface area contributed by atoms with Crippen LogP contribution in [0, 0.1) is 0 Å². The third-order valence-electron chi connectivity index (χ3n) is 1.99. The zero-order valence-corrected chi connectivity index (χ0v) is 10.4. The van der Waals surface area contributed by atoms with Crippen molar-refractivity contribution in [3.8, 4) is 0 Å². The van der Waals surface area contributed by atoms with Gasteiger partial charge in [0, 0.05) is 18.8 Å². The van der Waals surface area contributed by atoms with Crippen LogP contribution in [0.1, 0.15) is 13.8 Å². The molecule has 0 radical (unpaired) electrons. The molecule has 0 aromatic rings. The molecule has 0 aliphatic rings. The summed E-state index contributed by atoms with van der Waals surface area (Å²) in [5.41, 5.74) is 0. The number of hydrogen-bond acceptors (Lipinski definition) is 4. The highest BCUT2D eigenvalue weighted by Gasteiger charge is 2.31. The van der Waals surface area contributed by atoms with Gasteiger partial charge in [0.1, 0.15) is 0 Å². The normalized spacial score (nSPS) is 19.6. The number of rotatable bonds is 8. The van der Waals surface area contributed by atoms with Gasteiger partial charge in [0.15, 0.2) is 11.6 Å². The van der Waals surface area contributed by atoms with Crippen molar-refractivity contribution >= 4 is 12.6 Å². The topological polar surface area (TPSA) is 36.1 Å². The maximum absolute atomic E-state index is 13.9. The van der Waals surface area contributed by atoms with Gasteiger partial charge < -0.3 is 5.32 Å². The van der Waals surface area contributed by atoms with Crippen molar-refractivity contribution in [2.45, 2.75) is 25.4 Å². The average Bonchev–Trinajstić information content (AvgIpc) is 2.16. The Hall–Kier alpha value is 0.0900. The minimum Gasteiger partial charge on any atom is -0.315 e. The summed E-state index contributed by atoms with van der Waals surface area (Å²) in [6.07, 6.45) is 0. The molecule has 0 aromatic heterocycles. The van der Waals surface area contributed by atoms with E-state index in [0.29, 0.717) is 6.54 Å². The van der Waals surface area contributed by atoms with Crippen LogP contribution < -0.4 is 16.0 Å². The number of nitrogens with one attached hydrogen (secondary N) is 3. The zero-order valence-electron chi connectivity index (χ0n) is 9.53. The standard InChI is InChI=1S/C9H21F2N3S/c1-4-13-9(11,7-15)6-14-8(2,10)5-12-3/h12-15H,4-7H2,1-3H3. The fourth-order valence-corrected chi connectivity index (χ4v) is 1.43. The first-order chi connectivity index (χ1) is 6.89. The fourth-order valence-electron chi connectivity index (χ4n) is 1.21. The fraction of sp³-hybridized carbons (Fsp3) is 1.00. The van der Waals surface area contributed by atoms with Crippen LogP contribution in [-0.2, 0) is 0 Å². The van der Waals surface area contributed by atoms with Gasteiger partial charge in [-0.2, -0.15) is 12.6 Å². The Bertz CT molecular complexity index is 181. The lowest BCUT2D eigenvalue weighted by molar-refractivity contribution is 0.0799. The van der Waals surface area contributed by atoms with Crippen molar-refractivity contribution in [1.82, 2.24) is 16.0 Å². The molecule has 0 bridgehead atoms. The van der Waals surface area contributed by atoms with E-state index >= 15 is 0 Å². The predicted octanol–water partition coefficient (Wildman–Crippen LogP) is 0.686. The molecule has 3 N–H and O–H groups in total. The Balaban J connectivity index is 4.09. The van der Waals surface area contributed by atoms with E-state index in [1.54, 1.807) is 14.0 Å². The summed E-state index contributed by atoms with van der Waals surface area (Å²) in [5, 5.41) is 7.85. The third-order valence-corrected chi connectivity index (χ3v) is 2.49. The maximum atomic E-state index is 13.9. The van der Waals surface area contributed by atoms with Gasteiger partial charge in [-0.3, -0.25) is 10.6 Å². The molecule has 2 atom stereocenters. The Kier molecular flexibility index (Phi) is 6.66. The van der Waals surface area contributed by atoms with Crippen molar-refractivity contribution < 1.29 is 8.78 Å². The van der Waals surface area contributed by atoms with Crippen LogP contribution in [0.5, 0.6) is 0 Å². The highest BCUT2D eigenvalue weighted by atomic mass is 32.1. The van der Waals surface area contributed by atoms with E-state index in [4.69, 9.17) is 0 Å². The number of hydrogen-bond donors (Lipinski definition) is 4. The Labute approximate surface area is 95.8 Å². The molecule has 0 fully saturated rings. The first-order valence-corrected chi connectivity index (χ1v) is 5.66. The summed E-state index contributed by atoms with van der Waals surface area (Å²) in [4.78, 5) is 0. The van der Waals surface area contributed by atoms with Gasteiger partial charge in [0.25, 0.3) is 0 Å². The van der Waals surface area contributed by atoms with Crippen LogP contribution in [-0.4, -0.2) is 44.0 Å². The van der Waals surface area contributed by atoms with E-state index in [1.807, 2.05) is 0 Å². The van der Waals surface area contributed by atoms with Crippen LogP contribution in [0.3, 0.4) is 0 Å². The van der Waals surface area contributed by atoms with Crippen molar-refractivity contribution in [2.75, 3.05) is 32.4 Å². The van der Waals surface area contributed by atoms with Gasteiger partial charge in [-0.05, 0) is 20.5 Å². The molecule has 0 aromatic carbocycles. The van der Waals surface area contributed by atoms with Crippen molar-refractivity contribution in [3.05, 3.63) is 0 Å². The van der Waals surface area contributed by atoms with E-state index in [0.717, 1.165) is 0 Å². The molecule has 15 heavy (non-hydrogen) atoms. The number of thiol groups is 1. The summed E-state index contributed by atoms with van der Waals surface area (Å²) >= 11 is 3.90. The van der Waals surface area contributed by atoms with Crippen LogP contribution in [0.4, 0.5) is 8.78 Å². The molecule has 3 nitrogen and oxygen atoms in total. The highest BCUT2D eigenvalue weighted by Crippen LogP contribution is 2.11. The minimum atomic E-state index is -1.67. The van der Waals surface area contributed by atoms with Gasteiger partial charge in [-0.25, -0.2) is 8.78 Å². The summed E-state index contributed by atoms with van der Waals surface area (Å²) in [7, 11) is 1.64. The SMILES string of the molecule is CCNC(F)(CS)CNC(C)(F)CNC. The van der Waals surface area contributed by atoms with E-state index in [1.165, 1.54) is 6.92 Å². The molecule has 0 rings (SSSR count). The first-order valence-electron chi connectivity index (χ1n) is 5.02. The average molecular weight is 241 g/mol.